The van der Waals surface area contributed by atoms with E-state index in [-0.39, 0.29) is 5.91 Å². The zero-order valence-electron chi connectivity index (χ0n) is 16.9. The van der Waals surface area contributed by atoms with Gasteiger partial charge in [0.05, 0.1) is 4.88 Å². The average molecular weight is 421 g/mol. The first kappa shape index (κ1) is 21.3. The van der Waals surface area contributed by atoms with Gasteiger partial charge in [-0.1, -0.05) is 26.7 Å². The largest absolute Gasteiger partial charge is 0.325 e. The lowest BCUT2D eigenvalue weighted by Crippen LogP contribution is -2.49. The number of hydrazine groups is 1. The summed E-state index contributed by atoms with van der Waals surface area (Å²) in [6, 6.07) is 1.32. The van der Waals surface area contributed by atoms with Gasteiger partial charge in [0.25, 0.3) is 17.7 Å². The molecule has 3 rings (SSSR count). The lowest BCUT2D eigenvalue weighted by atomic mass is 9.93. The van der Waals surface area contributed by atoms with Gasteiger partial charge >= 0.3 is 6.03 Å². The first-order valence-electron chi connectivity index (χ1n) is 10.2. The summed E-state index contributed by atoms with van der Waals surface area (Å²) in [5.41, 5.74) is 4.98. The van der Waals surface area contributed by atoms with Gasteiger partial charge in [0, 0.05) is 4.88 Å². The SMILES string of the molecule is CCC1(CC)NC(=O)N(CC(=O)NNC(=O)c2cc3c(s2)CCCCCC3)C1=O. The van der Waals surface area contributed by atoms with Crippen molar-refractivity contribution in [3.63, 3.8) is 0 Å². The number of carbonyl (C=O) groups excluding carboxylic acids is 4. The number of thiophene rings is 1. The number of carbonyl (C=O) groups is 4. The molecule has 0 aromatic carbocycles. The topological polar surface area (TPSA) is 108 Å². The van der Waals surface area contributed by atoms with Gasteiger partial charge in [-0.3, -0.25) is 30.1 Å². The molecular weight excluding hydrogens is 392 g/mol. The summed E-state index contributed by atoms with van der Waals surface area (Å²) in [6.07, 6.45) is 7.56. The van der Waals surface area contributed by atoms with Crippen molar-refractivity contribution in [2.24, 2.45) is 0 Å². The first-order chi connectivity index (χ1) is 13.9. The molecule has 1 aromatic rings. The van der Waals surface area contributed by atoms with Gasteiger partial charge in [-0.15, -0.1) is 11.3 Å². The van der Waals surface area contributed by atoms with Crippen LogP contribution in [0, 0.1) is 0 Å². The highest BCUT2D eigenvalue weighted by Gasteiger charge is 2.49. The third-order valence-electron chi connectivity index (χ3n) is 5.79. The molecule has 0 saturated carbocycles. The molecule has 1 fully saturated rings. The standard InChI is InChI=1S/C20H28N4O4S/c1-3-20(4-2)18(27)24(19(28)21-20)12-16(25)22-23-17(26)15-11-13-9-7-5-6-8-10-14(13)29-15/h11H,3-10,12H2,1-2H3,(H,21,28)(H,22,25)(H,23,26). The van der Waals surface area contributed by atoms with Crippen molar-refractivity contribution in [2.45, 2.75) is 70.8 Å². The number of urea groups is 1. The maximum Gasteiger partial charge on any atom is 0.325 e. The van der Waals surface area contributed by atoms with Crippen LogP contribution in [0.15, 0.2) is 6.07 Å². The minimum Gasteiger partial charge on any atom is -0.323 e. The Balaban J connectivity index is 1.56. The number of fused-ring (bicyclic) bond motifs is 1. The number of nitrogens with zero attached hydrogens (tertiary/aromatic N) is 1. The van der Waals surface area contributed by atoms with Crippen LogP contribution < -0.4 is 16.2 Å². The first-order valence-corrected chi connectivity index (χ1v) is 11.1. The quantitative estimate of drug-likeness (QED) is 0.502. The van der Waals surface area contributed by atoms with Crippen LogP contribution >= 0.6 is 11.3 Å². The molecule has 0 spiro atoms. The van der Waals surface area contributed by atoms with Gasteiger partial charge in [-0.05, 0) is 50.2 Å². The third-order valence-corrected chi connectivity index (χ3v) is 7.03. The monoisotopic (exact) mass is 420 g/mol. The molecule has 0 unspecified atom stereocenters. The Bertz CT molecular complexity index is 790. The highest BCUT2D eigenvalue weighted by atomic mass is 32.1. The Labute approximate surface area is 174 Å². The Morgan fingerprint density at radius 1 is 1.10 bits per heavy atom. The van der Waals surface area contributed by atoms with E-state index in [1.807, 2.05) is 19.9 Å². The van der Waals surface area contributed by atoms with E-state index in [9.17, 15) is 19.2 Å². The molecule has 0 bridgehead atoms. The summed E-state index contributed by atoms with van der Waals surface area (Å²) in [6.45, 7) is 3.19. The van der Waals surface area contributed by atoms with Crippen LogP contribution in [0.4, 0.5) is 4.79 Å². The van der Waals surface area contributed by atoms with E-state index in [0.717, 1.165) is 30.6 Å². The summed E-state index contributed by atoms with van der Waals surface area (Å²) >= 11 is 1.47. The highest BCUT2D eigenvalue weighted by molar-refractivity contribution is 7.14. The van der Waals surface area contributed by atoms with Crippen LogP contribution in [-0.2, 0) is 22.4 Å². The molecule has 1 saturated heterocycles. The fourth-order valence-electron chi connectivity index (χ4n) is 3.88. The van der Waals surface area contributed by atoms with Gasteiger partial charge in [-0.2, -0.15) is 0 Å². The maximum atomic E-state index is 12.5. The Kier molecular flexibility index (Phi) is 6.56. The highest BCUT2D eigenvalue weighted by Crippen LogP contribution is 2.28. The minimum absolute atomic E-state index is 0.385. The molecule has 8 nitrogen and oxygen atoms in total. The summed E-state index contributed by atoms with van der Waals surface area (Å²) in [4.78, 5) is 52.0. The molecule has 2 aliphatic rings. The normalized spacial score (nSPS) is 18.5. The number of hydrogen-bond acceptors (Lipinski definition) is 5. The van der Waals surface area contributed by atoms with Gasteiger partial charge in [0.1, 0.15) is 12.1 Å². The molecule has 9 heteroatoms. The fraction of sp³-hybridized carbons (Fsp3) is 0.600. The second kappa shape index (κ2) is 8.94. The van der Waals surface area contributed by atoms with Crippen molar-refractivity contribution < 1.29 is 19.2 Å². The van der Waals surface area contributed by atoms with Crippen molar-refractivity contribution in [3.8, 4) is 0 Å². The minimum atomic E-state index is -0.950. The zero-order valence-corrected chi connectivity index (χ0v) is 17.7. The van der Waals surface area contributed by atoms with Gasteiger partial charge in [0.15, 0.2) is 0 Å². The van der Waals surface area contributed by atoms with Crippen LogP contribution in [-0.4, -0.2) is 40.7 Å². The van der Waals surface area contributed by atoms with E-state index in [1.165, 1.54) is 34.6 Å². The molecule has 1 aromatic heterocycles. The predicted molar refractivity (Wildman–Crippen MR) is 109 cm³/mol. The van der Waals surface area contributed by atoms with Crippen LogP contribution in [0.3, 0.4) is 0 Å². The summed E-state index contributed by atoms with van der Waals surface area (Å²) in [5.74, 6) is -1.42. The van der Waals surface area contributed by atoms with Crippen molar-refractivity contribution in [1.29, 1.82) is 0 Å². The Hall–Kier alpha value is -2.42. The number of nitrogens with one attached hydrogen (secondary N) is 3. The molecule has 5 amide bonds. The molecule has 3 N–H and O–H groups in total. The summed E-state index contributed by atoms with van der Waals surface area (Å²) in [7, 11) is 0. The van der Waals surface area contributed by atoms with Gasteiger partial charge in [-0.25, -0.2) is 4.79 Å². The zero-order chi connectivity index (χ0) is 21.0. The van der Waals surface area contributed by atoms with Crippen LogP contribution in [0.25, 0.3) is 0 Å². The second-order valence-electron chi connectivity index (χ2n) is 7.59. The molecule has 2 heterocycles. The van der Waals surface area contributed by atoms with Crippen molar-refractivity contribution in [2.75, 3.05) is 6.54 Å². The van der Waals surface area contributed by atoms with E-state index in [4.69, 9.17) is 0 Å². The summed E-state index contributed by atoms with van der Waals surface area (Å²) in [5, 5.41) is 2.67. The van der Waals surface area contributed by atoms with E-state index >= 15 is 0 Å². The smallest absolute Gasteiger partial charge is 0.323 e. The predicted octanol–water partition coefficient (Wildman–Crippen LogP) is 2.28. The molecule has 1 aliphatic heterocycles. The van der Waals surface area contributed by atoms with E-state index < -0.39 is 29.9 Å². The molecule has 0 atom stereocenters. The fourth-order valence-corrected chi connectivity index (χ4v) is 5.03. The summed E-state index contributed by atoms with van der Waals surface area (Å²) < 4.78 is 0. The number of rotatable bonds is 5. The van der Waals surface area contributed by atoms with E-state index in [2.05, 4.69) is 16.2 Å². The average Bonchev–Trinajstić information content (AvgIpc) is 3.19. The lowest BCUT2D eigenvalue weighted by Gasteiger charge is -2.22. The van der Waals surface area contributed by atoms with Crippen molar-refractivity contribution in [3.05, 3.63) is 21.4 Å². The van der Waals surface area contributed by atoms with Crippen LogP contribution in [0.5, 0.6) is 0 Å². The molecule has 158 valence electrons. The number of aryl methyl sites for hydroxylation is 2. The van der Waals surface area contributed by atoms with Crippen molar-refractivity contribution >= 4 is 35.1 Å². The number of amides is 5. The molecular formula is C20H28N4O4S. The maximum absolute atomic E-state index is 12.5. The second-order valence-corrected chi connectivity index (χ2v) is 8.72. The Morgan fingerprint density at radius 3 is 2.45 bits per heavy atom. The molecule has 29 heavy (non-hydrogen) atoms. The number of hydrogen-bond donors (Lipinski definition) is 3. The molecule has 1 aliphatic carbocycles. The lowest BCUT2D eigenvalue weighted by molar-refractivity contribution is -0.135. The molecule has 0 radical (unpaired) electrons. The van der Waals surface area contributed by atoms with Crippen LogP contribution in [0.2, 0.25) is 0 Å². The Morgan fingerprint density at radius 2 is 1.79 bits per heavy atom. The van der Waals surface area contributed by atoms with Crippen LogP contribution in [0.1, 0.15) is 72.5 Å². The van der Waals surface area contributed by atoms with E-state index in [0.29, 0.717) is 17.7 Å². The van der Waals surface area contributed by atoms with Crippen molar-refractivity contribution in [1.82, 2.24) is 21.1 Å². The van der Waals surface area contributed by atoms with Gasteiger partial charge in [0.2, 0.25) is 0 Å². The van der Waals surface area contributed by atoms with Gasteiger partial charge < -0.3 is 5.32 Å². The third kappa shape index (κ3) is 4.44. The number of imide groups is 1. The van der Waals surface area contributed by atoms with E-state index in [1.54, 1.807) is 0 Å².